The Kier molecular flexibility index (Phi) is 2.31. The molecule has 1 aromatic rings. The third-order valence-electron chi connectivity index (χ3n) is 2.93. The highest BCUT2D eigenvalue weighted by Gasteiger charge is 2.22. The van der Waals surface area contributed by atoms with Crippen molar-refractivity contribution in [3.63, 3.8) is 0 Å². The van der Waals surface area contributed by atoms with E-state index in [9.17, 15) is 9.59 Å². The van der Waals surface area contributed by atoms with Crippen molar-refractivity contribution in [2.75, 3.05) is 0 Å². The van der Waals surface area contributed by atoms with Gasteiger partial charge in [0.05, 0.1) is 5.92 Å². The summed E-state index contributed by atoms with van der Waals surface area (Å²) in [6, 6.07) is 5.40. The van der Waals surface area contributed by atoms with Gasteiger partial charge in [-0.2, -0.15) is 0 Å². The van der Waals surface area contributed by atoms with Gasteiger partial charge in [-0.25, -0.2) is 0 Å². The van der Waals surface area contributed by atoms with E-state index in [0.29, 0.717) is 17.5 Å². The van der Waals surface area contributed by atoms with Crippen LogP contribution in [0.1, 0.15) is 40.7 Å². The van der Waals surface area contributed by atoms with Gasteiger partial charge < -0.3 is 5.11 Å². The Bertz CT molecular complexity index is 434. The monoisotopic (exact) mass is 204 g/mol. The molecule has 0 spiro atoms. The van der Waals surface area contributed by atoms with Gasteiger partial charge in [0.2, 0.25) is 0 Å². The lowest BCUT2D eigenvalue weighted by Crippen LogP contribution is -2.08. The number of fused-ring (bicyclic) bond motifs is 1. The Balaban J connectivity index is 2.41. The average Bonchev–Trinajstić information content (AvgIpc) is 2.59. The van der Waals surface area contributed by atoms with Crippen LogP contribution in [0.3, 0.4) is 0 Å². The molecule has 0 saturated carbocycles. The topological polar surface area (TPSA) is 54.4 Å². The minimum Gasteiger partial charge on any atom is -0.481 e. The number of Topliss-reactive ketones (excluding diaryl/α,β-unsaturated/α-hetero) is 1. The van der Waals surface area contributed by atoms with Gasteiger partial charge in [0.1, 0.15) is 0 Å². The number of carbonyl (C=O) groups excluding carboxylic acids is 1. The third-order valence-corrected chi connectivity index (χ3v) is 2.93. The molecule has 0 fully saturated rings. The summed E-state index contributed by atoms with van der Waals surface area (Å²) >= 11 is 0. The van der Waals surface area contributed by atoms with Gasteiger partial charge >= 0.3 is 5.97 Å². The van der Waals surface area contributed by atoms with Crippen molar-refractivity contribution in [1.29, 1.82) is 0 Å². The molecule has 1 unspecified atom stereocenters. The quantitative estimate of drug-likeness (QED) is 0.801. The van der Waals surface area contributed by atoms with Gasteiger partial charge in [-0.15, -0.1) is 0 Å². The van der Waals surface area contributed by atoms with Crippen molar-refractivity contribution < 1.29 is 14.7 Å². The molecule has 1 N–H and O–H groups in total. The number of carbonyl (C=O) groups is 2. The van der Waals surface area contributed by atoms with Crippen LogP contribution in [0.15, 0.2) is 18.2 Å². The van der Waals surface area contributed by atoms with Gasteiger partial charge in [-0.1, -0.05) is 12.1 Å². The highest BCUT2D eigenvalue weighted by Crippen LogP contribution is 2.26. The Morgan fingerprint density at radius 1 is 1.40 bits per heavy atom. The molecule has 1 atom stereocenters. The second-order valence-electron chi connectivity index (χ2n) is 3.90. The van der Waals surface area contributed by atoms with Crippen LogP contribution in [0.2, 0.25) is 0 Å². The number of ketones is 1. The molecule has 1 aliphatic rings. The zero-order valence-corrected chi connectivity index (χ0v) is 8.49. The molecule has 0 bridgehead atoms. The number of rotatable bonds is 2. The molecule has 0 radical (unpaired) electrons. The Morgan fingerprint density at radius 2 is 2.13 bits per heavy atom. The molecule has 0 amide bonds. The van der Waals surface area contributed by atoms with E-state index in [2.05, 4.69) is 0 Å². The van der Waals surface area contributed by atoms with Crippen LogP contribution in [-0.2, 0) is 11.2 Å². The summed E-state index contributed by atoms with van der Waals surface area (Å²) in [5, 5.41) is 8.86. The minimum absolute atomic E-state index is 0.129. The molecule has 15 heavy (non-hydrogen) atoms. The summed E-state index contributed by atoms with van der Waals surface area (Å²) in [6.45, 7) is 1.63. The van der Waals surface area contributed by atoms with Crippen molar-refractivity contribution in [3.05, 3.63) is 34.9 Å². The first-order valence-corrected chi connectivity index (χ1v) is 4.98. The zero-order chi connectivity index (χ0) is 11.0. The van der Waals surface area contributed by atoms with Gasteiger partial charge in [0, 0.05) is 12.0 Å². The van der Waals surface area contributed by atoms with E-state index in [1.54, 1.807) is 19.1 Å². The molecular formula is C12H12O3. The predicted octanol–water partition coefficient (Wildman–Crippen LogP) is 2.00. The summed E-state index contributed by atoms with van der Waals surface area (Å²) in [6.07, 6.45) is 1.34. The van der Waals surface area contributed by atoms with Crippen molar-refractivity contribution in [2.45, 2.75) is 25.7 Å². The molecule has 0 aliphatic heterocycles. The average molecular weight is 204 g/mol. The minimum atomic E-state index is -0.861. The van der Waals surface area contributed by atoms with Crippen molar-refractivity contribution >= 4 is 11.8 Å². The van der Waals surface area contributed by atoms with E-state index in [1.165, 1.54) is 0 Å². The maximum atomic E-state index is 11.5. The van der Waals surface area contributed by atoms with Crippen LogP contribution < -0.4 is 0 Å². The Hall–Kier alpha value is -1.64. The zero-order valence-electron chi connectivity index (χ0n) is 8.49. The van der Waals surface area contributed by atoms with Crippen molar-refractivity contribution in [2.24, 2.45) is 0 Å². The van der Waals surface area contributed by atoms with Crippen LogP contribution in [0.25, 0.3) is 0 Å². The Morgan fingerprint density at radius 3 is 2.80 bits per heavy atom. The highest BCUT2D eigenvalue weighted by molar-refractivity contribution is 6.00. The van der Waals surface area contributed by atoms with Crippen molar-refractivity contribution in [3.8, 4) is 0 Å². The van der Waals surface area contributed by atoms with E-state index in [4.69, 9.17) is 5.11 Å². The number of carboxylic acid groups (broad SMARTS) is 1. The van der Waals surface area contributed by atoms with Crippen LogP contribution >= 0.6 is 0 Å². The van der Waals surface area contributed by atoms with Crippen LogP contribution in [0.5, 0.6) is 0 Å². The summed E-state index contributed by atoms with van der Waals surface area (Å²) in [7, 11) is 0. The SMILES string of the molecule is CC(C(=O)O)c1ccc2c(c1)C(=O)CC2. The first kappa shape index (κ1) is 9.90. The Labute approximate surface area is 87.7 Å². The van der Waals surface area contributed by atoms with E-state index in [1.807, 2.05) is 6.07 Å². The highest BCUT2D eigenvalue weighted by atomic mass is 16.4. The predicted molar refractivity (Wildman–Crippen MR) is 55.1 cm³/mol. The van der Waals surface area contributed by atoms with E-state index in [0.717, 1.165) is 12.0 Å². The maximum absolute atomic E-state index is 11.5. The number of hydrogen-bond donors (Lipinski definition) is 1. The summed E-state index contributed by atoms with van der Waals surface area (Å²) in [4.78, 5) is 22.3. The van der Waals surface area contributed by atoms with Crippen LogP contribution in [-0.4, -0.2) is 16.9 Å². The van der Waals surface area contributed by atoms with Gasteiger partial charge in [-0.3, -0.25) is 9.59 Å². The number of carboxylic acids is 1. The van der Waals surface area contributed by atoms with Gasteiger partial charge in [0.15, 0.2) is 5.78 Å². The fourth-order valence-electron chi connectivity index (χ4n) is 1.87. The molecule has 1 aromatic carbocycles. The summed E-state index contributed by atoms with van der Waals surface area (Å²) in [5.74, 6) is -1.28. The standard InChI is InChI=1S/C12H12O3/c1-7(12(14)15)9-3-2-8-4-5-11(13)10(8)6-9/h2-3,6-7H,4-5H2,1H3,(H,14,15). The molecule has 0 aromatic heterocycles. The molecule has 1 aliphatic carbocycles. The lowest BCUT2D eigenvalue weighted by Gasteiger charge is -2.08. The molecular weight excluding hydrogens is 192 g/mol. The largest absolute Gasteiger partial charge is 0.481 e. The normalized spacial score (nSPS) is 16.2. The number of aryl methyl sites for hydroxylation is 1. The third kappa shape index (κ3) is 1.65. The first-order valence-electron chi connectivity index (χ1n) is 4.98. The number of hydrogen-bond acceptors (Lipinski definition) is 2. The number of aliphatic carboxylic acids is 1. The molecule has 3 nitrogen and oxygen atoms in total. The summed E-state index contributed by atoms with van der Waals surface area (Å²) in [5.41, 5.74) is 2.46. The molecule has 78 valence electrons. The maximum Gasteiger partial charge on any atom is 0.310 e. The van der Waals surface area contributed by atoms with Crippen LogP contribution in [0, 0.1) is 0 Å². The lowest BCUT2D eigenvalue weighted by molar-refractivity contribution is -0.138. The van der Waals surface area contributed by atoms with Gasteiger partial charge in [0.25, 0.3) is 0 Å². The fourth-order valence-corrected chi connectivity index (χ4v) is 1.87. The second-order valence-corrected chi connectivity index (χ2v) is 3.90. The molecule has 2 rings (SSSR count). The van der Waals surface area contributed by atoms with Gasteiger partial charge in [-0.05, 0) is 30.5 Å². The number of benzene rings is 1. The first-order chi connectivity index (χ1) is 7.09. The van der Waals surface area contributed by atoms with E-state index >= 15 is 0 Å². The fraction of sp³-hybridized carbons (Fsp3) is 0.333. The summed E-state index contributed by atoms with van der Waals surface area (Å²) < 4.78 is 0. The molecule has 0 saturated heterocycles. The smallest absolute Gasteiger partial charge is 0.310 e. The van der Waals surface area contributed by atoms with Crippen molar-refractivity contribution in [1.82, 2.24) is 0 Å². The molecule has 0 heterocycles. The van der Waals surface area contributed by atoms with E-state index < -0.39 is 11.9 Å². The van der Waals surface area contributed by atoms with Crippen LogP contribution in [0.4, 0.5) is 0 Å². The molecule has 3 heteroatoms. The second kappa shape index (κ2) is 3.50. The lowest BCUT2D eigenvalue weighted by atomic mass is 9.97. The van der Waals surface area contributed by atoms with E-state index in [-0.39, 0.29) is 5.78 Å².